The number of hydrogen-bond donors (Lipinski definition) is 2. The summed E-state index contributed by atoms with van der Waals surface area (Å²) < 4.78 is 0. The normalized spacial score (nSPS) is 20.7. The number of phenolic OH excluding ortho intramolecular Hbond substituents is 1. The third-order valence-corrected chi connectivity index (χ3v) is 6.17. The van der Waals surface area contributed by atoms with Crippen molar-refractivity contribution in [3.05, 3.63) is 24.3 Å². The van der Waals surface area contributed by atoms with Gasteiger partial charge in [-0.25, -0.2) is 0 Å². The summed E-state index contributed by atoms with van der Waals surface area (Å²) >= 11 is 0. The smallest absolute Gasteiger partial charge is 0.239 e. The lowest BCUT2D eigenvalue weighted by Gasteiger charge is -2.40. The fourth-order valence-electron chi connectivity index (χ4n) is 4.30. The molecular formula is C21H34N4O2. The molecule has 6 heteroatoms. The number of hydrogen-bond acceptors (Lipinski definition) is 5. The lowest BCUT2D eigenvalue weighted by Crippen LogP contribution is -2.55. The van der Waals surface area contributed by atoms with E-state index in [0.717, 1.165) is 57.4 Å². The minimum Gasteiger partial charge on any atom is -0.506 e. The third-order valence-electron chi connectivity index (χ3n) is 6.17. The molecule has 1 aromatic carbocycles. The maximum atomic E-state index is 13.0. The van der Waals surface area contributed by atoms with Gasteiger partial charge in [-0.15, -0.1) is 0 Å². The first kappa shape index (κ1) is 20.0. The third kappa shape index (κ3) is 4.93. The Kier molecular flexibility index (Phi) is 6.96. The number of amides is 1. The van der Waals surface area contributed by atoms with Crippen LogP contribution in [0.5, 0.6) is 5.75 Å². The fourth-order valence-corrected chi connectivity index (χ4v) is 4.30. The van der Waals surface area contributed by atoms with E-state index in [1.165, 1.54) is 19.3 Å². The molecule has 2 N–H and O–H groups in total. The molecule has 2 saturated heterocycles. The molecule has 0 saturated carbocycles. The Balaban J connectivity index is 1.47. The summed E-state index contributed by atoms with van der Waals surface area (Å²) in [6, 6.07) is 7.40. The van der Waals surface area contributed by atoms with Gasteiger partial charge in [0.15, 0.2) is 0 Å². The largest absolute Gasteiger partial charge is 0.506 e. The summed E-state index contributed by atoms with van der Waals surface area (Å²) in [5, 5.41) is 13.3. The Morgan fingerprint density at radius 1 is 1.15 bits per heavy atom. The van der Waals surface area contributed by atoms with Gasteiger partial charge in [0.2, 0.25) is 5.91 Å². The number of anilines is 1. The second-order valence-electron chi connectivity index (χ2n) is 7.85. The number of carbonyl (C=O) groups excluding carboxylic acids is 1. The molecule has 2 fully saturated rings. The molecule has 3 rings (SSSR count). The second-order valence-corrected chi connectivity index (χ2v) is 7.85. The zero-order chi connectivity index (χ0) is 19.2. The first-order chi connectivity index (χ1) is 13.1. The van der Waals surface area contributed by atoms with Crippen molar-refractivity contribution >= 4 is 11.6 Å². The number of para-hydroxylation sites is 2. The number of nitrogens with zero attached hydrogens (tertiary/aromatic N) is 3. The molecule has 0 bridgehead atoms. The number of likely N-dealkylation sites (tertiary alicyclic amines) is 1. The zero-order valence-corrected chi connectivity index (χ0v) is 16.7. The number of piperazine rings is 1. The highest BCUT2D eigenvalue weighted by atomic mass is 16.3. The summed E-state index contributed by atoms with van der Waals surface area (Å²) in [4.78, 5) is 19.5. The van der Waals surface area contributed by atoms with Crippen molar-refractivity contribution in [1.29, 1.82) is 0 Å². The van der Waals surface area contributed by atoms with Gasteiger partial charge in [-0.1, -0.05) is 12.1 Å². The molecule has 150 valence electrons. The van der Waals surface area contributed by atoms with Crippen molar-refractivity contribution in [3.8, 4) is 5.75 Å². The van der Waals surface area contributed by atoms with Crippen molar-refractivity contribution in [2.24, 2.45) is 5.92 Å². The van der Waals surface area contributed by atoms with Gasteiger partial charge in [0, 0.05) is 26.2 Å². The molecule has 1 amide bonds. The lowest BCUT2D eigenvalue weighted by molar-refractivity contribution is -0.137. The molecule has 2 aliphatic heterocycles. The van der Waals surface area contributed by atoms with Gasteiger partial charge in [0.25, 0.3) is 0 Å². The summed E-state index contributed by atoms with van der Waals surface area (Å²) in [5.74, 6) is 1.35. The van der Waals surface area contributed by atoms with Crippen LogP contribution < -0.4 is 10.2 Å². The van der Waals surface area contributed by atoms with Crippen LogP contribution in [0.2, 0.25) is 0 Å². The van der Waals surface area contributed by atoms with Crippen LogP contribution >= 0.6 is 0 Å². The molecule has 1 unspecified atom stereocenters. The Morgan fingerprint density at radius 3 is 2.44 bits per heavy atom. The zero-order valence-electron chi connectivity index (χ0n) is 16.7. The van der Waals surface area contributed by atoms with Crippen molar-refractivity contribution in [3.63, 3.8) is 0 Å². The predicted molar refractivity (Wildman–Crippen MR) is 109 cm³/mol. The molecule has 2 aliphatic rings. The number of benzene rings is 1. The summed E-state index contributed by atoms with van der Waals surface area (Å²) in [6.07, 6.45) is 3.63. The summed E-state index contributed by atoms with van der Waals surface area (Å²) in [5.41, 5.74) is 0.862. The van der Waals surface area contributed by atoms with Crippen LogP contribution in [0.1, 0.15) is 26.2 Å². The average molecular weight is 375 g/mol. The van der Waals surface area contributed by atoms with E-state index in [-0.39, 0.29) is 11.9 Å². The van der Waals surface area contributed by atoms with Gasteiger partial charge in [0.1, 0.15) is 5.75 Å². The van der Waals surface area contributed by atoms with E-state index in [0.29, 0.717) is 5.75 Å². The molecule has 0 radical (unpaired) electrons. The van der Waals surface area contributed by atoms with Crippen LogP contribution in [0.3, 0.4) is 0 Å². The Hall–Kier alpha value is -1.79. The quantitative estimate of drug-likeness (QED) is 0.795. The van der Waals surface area contributed by atoms with E-state index < -0.39 is 0 Å². The van der Waals surface area contributed by atoms with Crippen LogP contribution in [-0.2, 0) is 4.79 Å². The highest BCUT2D eigenvalue weighted by Gasteiger charge is 2.31. The van der Waals surface area contributed by atoms with Crippen molar-refractivity contribution in [2.45, 2.75) is 32.2 Å². The van der Waals surface area contributed by atoms with Crippen LogP contribution in [0.25, 0.3) is 0 Å². The molecule has 27 heavy (non-hydrogen) atoms. The van der Waals surface area contributed by atoms with E-state index in [4.69, 9.17) is 0 Å². The number of rotatable bonds is 6. The number of carbonyl (C=O) groups is 1. The van der Waals surface area contributed by atoms with E-state index in [2.05, 4.69) is 22.0 Å². The van der Waals surface area contributed by atoms with Gasteiger partial charge in [-0.3, -0.25) is 9.69 Å². The van der Waals surface area contributed by atoms with Gasteiger partial charge < -0.3 is 20.2 Å². The van der Waals surface area contributed by atoms with Gasteiger partial charge >= 0.3 is 0 Å². The molecule has 0 aromatic heterocycles. The maximum absolute atomic E-state index is 13.0. The topological polar surface area (TPSA) is 59.1 Å². The Bertz CT molecular complexity index is 608. The average Bonchev–Trinajstić information content (AvgIpc) is 2.72. The van der Waals surface area contributed by atoms with Crippen LogP contribution in [-0.4, -0.2) is 79.7 Å². The lowest BCUT2D eigenvalue weighted by atomic mass is 9.92. The highest BCUT2D eigenvalue weighted by Crippen LogP contribution is 2.27. The minimum absolute atomic E-state index is 0.0353. The predicted octanol–water partition coefficient (Wildman–Crippen LogP) is 1.75. The molecular weight excluding hydrogens is 340 g/mol. The fraction of sp³-hybridized carbons (Fsp3) is 0.667. The summed E-state index contributed by atoms with van der Waals surface area (Å²) in [6.45, 7) is 8.17. The van der Waals surface area contributed by atoms with E-state index >= 15 is 0 Å². The Labute approximate surface area is 163 Å². The number of piperidine rings is 1. The van der Waals surface area contributed by atoms with E-state index in [9.17, 15) is 9.90 Å². The standard InChI is InChI=1S/C21H34N4O2/c1-17(23-11-8-18(9-12-23)7-10-22-2)21(27)25-15-13-24(14-16-25)19-5-3-4-6-20(19)26/h3-6,17-18,22,26H,7-16H2,1-2H3. The number of phenols is 1. The monoisotopic (exact) mass is 374 g/mol. The van der Waals surface area contributed by atoms with Crippen molar-refractivity contribution in [2.75, 3.05) is 57.8 Å². The molecule has 2 heterocycles. The highest BCUT2D eigenvalue weighted by molar-refractivity contribution is 5.81. The van der Waals surface area contributed by atoms with Crippen molar-refractivity contribution in [1.82, 2.24) is 15.1 Å². The van der Waals surface area contributed by atoms with Crippen LogP contribution in [0.15, 0.2) is 24.3 Å². The molecule has 1 atom stereocenters. The SMILES string of the molecule is CNCCC1CCN(C(C)C(=O)N2CCN(c3ccccc3O)CC2)CC1. The van der Waals surface area contributed by atoms with E-state index in [1.54, 1.807) is 6.07 Å². The summed E-state index contributed by atoms with van der Waals surface area (Å²) in [7, 11) is 2.01. The molecule has 0 aliphatic carbocycles. The first-order valence-electron chi connectivity index (χ1n) is 10.3. The van der Waals surface area contributed by atoms with E-state index in [1.807, 2.05) is 30.1 Å². The maximum Gasteiger partial charge on any atom is 0.239 e. The first-order valence-corrected chi connectivity index (χ1v) is 10.3. The molecule has 1 aromatic rings. The van der Waals surface area contributed by atoms with Gasteiger partial charge in [0.05, 0.1) is 11.7 Å². The van der Waals surface area contributed by atoms with Crippen LogP contribution in [0, 0.1) is 5.92 Å². The molecule has 0 spiro atoms. The van der Waals surface area contributed by atoms with Crippen molar-refractivity contribution < 1.29 is 9.90 Å². The van der Waals surface area contributed by atoms with Gasteiger partial charge in [-0.2, -0.15) is 0 Å². The van der Waals surface area contributed by atoms with Gasteiger partial charge in [-0.05, 0) is 70.9 Å². The minimum atomic E-state index is -0.0353. The Morgan fingerprint density at radius 2 is 1.81 bits per heavy atom. The molecule has 6 nitrogen and oxygen atoms in total. The number of aromatic hydroxyl groups is 1. The number of nitrogens with one attached hydrogen (secondary N) is 1. The van der Waals surface area contributed by atoms with Crippen LogP contribution in [0.4, 0.5) is 5.69 Å². The second kappa shape index (κ2) is 9.42.